The van der Waals surface area contributed by atoms with Crippen molar-refractivity contribution in [2.45, 2.75) is 56.2 Å². The number of sulfone groups is 1. The largest absolute Gasteiger partial charge is 0.480 e. The summed E-state index contributed by atoms with van der Waals surface area (Å²) in [7, 11) is -3.43. The van der Waals surface area contributed by atoms with Gasteiger partial charge in [-0.2, -0.15) is 0 Å². The summed E-state index contributed by atoms with van der Waals surface area (Å²) >= 11 is 0. The van der Waals surface area contributed by atoms with Gasteiger partial charge in [0.1, 0.15) is 10.8 Å². The summed E-state index contributed by atoms with van der Waals surface area (Å²) in [6.45, 7) is 1.84. The van der Waals surface area contributed by atoms with Crippen LogP contribution in [0.25, 0.3) is 0 Å². The molecule has 0 aliphatic carbocycles. The molecule has 0 aromatic carbocycles. The lowest BCUT2D eigenvalue weighted by Gasteiger charge is -2.43. The maximum atomic E-state index is 12.6. The van der Waals surface area contributed by atoms with Crippen molar-refractivity contribution in [3.63, 3.8) is 0 Å². The molecule has 1 N–H and O–H groups in total. The maximum Gasteiger partial charge on any atom is 0.329 e. The molecule has 0 radical (unpaired) electrons. The van der Waals surface area contributed by atoms with Gasteiger partial charge >= 0.3 is 5.97 Å². The van der Waals surface area contributed by atoms with Gasteiger partial charge in [0, 0.05) is 6.54 Å². The molecule has 7 heteroatoms. The molecule has 2 atom stereocenters. The number of likely N-dealkylation sites (tertiary alicyclic amines) is 1. The number of nitrogens with zero attached hydrogens (tertiary/aromatic N) is 1. The Labute approximate surface area is 119 Å². The molecule has 114 valence electrons. The Morgan fingerprint density at radius 1 is 1.20 bits per heavy atom. The van der Waals surface area contributed by atoms with E-state index in [1.165, 1.54) is 11.8 Å². The molecule has 0 bridgehead atoms. The highest BCUT2D eigenvalue weighted by Crippen LogP contribution is 2.31. The Bertz CT molecular complexity index is 515. The fourth-order valence-corrected chi connectivity index (χ4v) is 4.95. The predicted octanol–water partition coefficient (Wildman–Crippen LogP) is 0.809. The molecule has 2 aliphatic heterocycles. The first-order chi connectivity index (χ1) is 9.29. The van der Waals surface area contributed by atoms with Crippen LogP contribution in [0.4, 0.5) is 0 Å². The van der Waals surface area contributed by atoms with Crippen molar-refractivity contribution < 1.29 is 23.1 Å². The number of amides is 1. The van der Waals surface area contributed by atoms with Gasteiger partial charge in [-0.25, -0.2) is 13.2 Å². The topological polar surface area (TPSA) is 91.8 Å². The smallest absolute Gasteiger partial charge is 0.329 e. The normalized spacial score (nSPS) is 33.6. The highest BCUT2D eigenvalue weighted by atomic mass is 32.2. The average molecular weight is 303 g/mol. The second-order valence-electron chi connectivity index (χ2n) is 5.88. The summed E-state index contributed by atoms with van der Waals surface area (Å²) in [6.07, 6.45) is 3.44. The lowest BCUT2D eigenvalue weighted by Crippen LogP contribution is -2.60. The Morgan fingerprint density at radius 2 is 1.90 bits per heavy atom. The van der Waals surface area contributed by atoms with Gasteiger partial charge < -0.3 is 10.0 Å². The van der Waals surface area contributed by atoms with E-state index in [-0.39, 0.29) is 5.75 Å². The molecule has 6 nitrogen and oxygen atoms in total. The molecular formula is C13H21NO5S. The molecule has 20 heavy (non-hydrogen) atoms. The highest BCUT2D eigenvalue weighted by molar-refractivity contribution is 7.92. The lowest BCUT2D eigenvalue weighted by molar-refractivity contribution is -0.160. The van der Waals surface area contributed by atoms with Gasteiger partial charge in [0.2, 0.25) is 5.91 Å². The summed E-state index contributed by atoms with van der Waals surface area (Å²) in [5.41, 5.74) is -1.28. The predicted molar refractivity (Wildman–Crippen MR) is 73.0 cm³/mol. The number of carbonyl (C=O) groups is 2. The molecule has 2 rings (SSSR count). The van der Waals surface area contributed by atoms with Crippen LogP contribution < -0.4 is 0 Å². The van der Waals surface area contributed by atoms with Gasteiger partial charge in [-0.05, 0) is 39.0 Å². The third-order valence-electron chi connectivity index (χ3n) is 4.47. The van der Waals surface area contributed by atoms with E-state index in [0.717, 1.165) is 12.8 Å². The van der Waals surface area contributed by atoms with E-state index < -0.39 is 32.5 Å². The van der Waals surface area contributed by atoms with Crippen LogP contribution in [0.2, 0.25) is 0 Å². The van der Waals surface area contributed by atoms with Crippen LogP contribution in [0.15, 0.2) is 0 Å². The molecule has 2 saturated heterocycles. The average Bonchev–Trinajstić information content (AvgIpc) is 2.38. The quantitative estimate of drug-likeness (QED) is 0.815. The third kappa shape index (κ3) is 2.55. The second-order valence-corrected chi connectivity index (χ2v) is 8.18. The van der Waals surface area contributed by atoms with E-state index >= 15 is 0 Å². The number of rotatable bonds is 2. The van der Waals surface area contributed by atoms with Gasteiger partial charge in [0.25, 0.3) is 0 Å². The van der Waals surface area contributed by atoms with E-state index in [9.17, 15) is 23.1 Å². The van der Waals surface area contributed by atoms with Gasteiger partial charge in [-0.3, -0.25) is 4.79 Å². The standard InChI is InChI=1S/C13H21NO5S/c1-13(12(16)17)7-3-4-8-14(13)11(15)10-6-2-5-9-20(10,18)19/h10H,2-9H2,1H3,(H,16,17). The number of hydrogen-bond acceptors (Lipinski definition) is 4. The summed E-state index contributed by atoms with van der Waals surface area (Å²) in [4.78, 5) is 25.3. The zero-order valence-electron chi connectivity index (χ0n) is 11.7. The number of carboxylic acids is 1. The highest BCUT2D eigenvalue weighted by Gasteiger charge is 2.48. The molecule has 0 aromatic rings. The minimum Gasteiger partial charge on any atom is -0.480 e. The van der Waals surface area contributed by atoms with Crippen molar-refractivity contribution in [3.05, 3.63) is 0 Å². The summed E-state index contributed by atoms with van der Waals surface area (Å²) in [5.74, 6) is -1.55. The second kappa shape index (κ2) is 5.35. The summed E-state index contributed by atoms with van der Waals surface area (Å²) in [5, 5.41) is 8.35. The van der Waals surface area contributed by atoms with Crippen LogP contribution in [-0.2, 0) is 19.4 Å². The zero-order valence-corrected chi connectivity index (χ0v) is 12.5. The molecule has 1 amide bonds. The van der Waals surface area contributed by atoms with Crippen LogP contribution in [0, 0.1) is 0 Å². The Morgan fingerprint density at radius 3 is 2.50 bits per heavy atom. The van der Waals surface area contributed by atoms with E-state index in [2.05, 4.69) is 0 Å². The Hall–Kier alpha value is -1.11. The van der Waals surface area contributed by atoms with E-state index in [1.807, 2.05) is 0 Å². The molecule has 0 spiro atoms. The van der Waals surface area contributed by atoms with Gasteiger partial charge in [0.15, 0.2) is 9.84 Å². The van der Waals surface area contributed by atoms with E-state index in [0.29, 0.717) is 32.2 Å². The van der Waals surface area contributed by atoms with Crippen LogP contribution >= 0.6 is 0 Å². The van der Waals surface area contributed by atoms with Crippen molar-refractivity contribution >= 4 is 21.7 Å². The van der Waals surface area contributed by atoms with Crippen LogP contribution in [0.5, 0.6) is 0 Å². The maximum absolute atomic E-state index is 12.6. The van der Waals surface area contributed by atoms with Gasteiger partial charge in [0.05, 0.1) is 5.75 Å². The third-order valence-corrected chi connectivity index (χ3v) is 6.63. The fraction of sp³-hybridized carbons (Fsp3) is 0.846. The van der Waals surface area contributed by atoms with Crippen LogP contribution in [0.3, 0.4) is 0 Å². The van der Waals surface area contributed by atoms with Crippen LogP contribution in [0.1, 0.15) is 45.4 Å². The monoisotopic (exact) mass is 303 g/mol. The fourth-order valence-electron chi connectivity index (χ4n) is 3.10. The number of carboxylic acid groups (broad SMARTS) is 1. The first-order valence-corrected chi connectivity index (χ1v) is 8.77. The lowest BCUT2D eigenvalue weighted by atomic mass is 9.88. The molecule has 2 heterocycles. The zero-order chi connectivity index (χ0) is 15.0. The van der Waals surface area contributed by atoms with Crippen molar-refractivity contribution in [1.82, 2.24) is 4.90 Å². The minimum atomic E-state index is -3.43. The van der Waals surface area contributed by atoms with Crippen molar-refractivity contribution in [2.24, 2.45) is 0 Å². The molecular weight excluding hydrogens is 282 g/mol. The molecule has 2 fully saturated rings. The summed E-state index contributed by atoms with van der Waals surface area (Å²) in [6, 6.07) is 0. The van der Waals surface area contributed by atoms with E-state index in [4.69, 9.17) is 0 Å². The number of carbonyl (C=O) groups excluding carboxylic acids is 1. The number of piperidine rings is 1. The molecule has 0 aromatic heterocycles. The summed E-state index contributed by atoms with van der Waals surface area (Å²) < 4.78 is 24.1. The molecule has 2 aliphatic rings. The van der Waals surface area contributed by atoms with Crippen molar-refractivity contribution in [2.75, 3.05) is 12.3 Å². The molecule has 2 unspecified atom stereocenters. The van der Waals surface area contributed by atoms with Crippen LogP contribution in [-0.4, -0.2) is 53.4 Å². The SMILES string of the molecule is CC1(C(=O)O)CCCCN1C(=O)C1CCCCS1(=O)=O. The van der Waals surface area contributed by atoms with Crippen molar-refractivity contribution in [3.8, 4) is 0 Å². The molecule has 0 saturated carbocycles. The van der Waals surface area contributed by atoms with Gasteiger partial charge in [-0.1, -0.05) is 6.42 Å². The first-order valence-electron chi connectivity index (χ1n) is 7.05. The number of aliphatic carboxylic acids is 1. The van der Waals surface area contributed by atoms with E-state index in [1.54, 1.807) is 0 Å². The number of hydrogen-bond donors (Lipinski definition) is 1. The first kappa shape index (κ1) is 15.3. The van der Waals surface area contributed by atoms with Gasteiger partial charge in [-0.15, -0.1) is 0 Å². The van der Waals surface area contributed by atoms with Crippen molar-refractivity contribution in [1.29, 1.82) is 0 Å². The minimum absolute atomic E-state index is 0.0288. The Balaban J connectivity index is 2.28. The Kier molecular flexibility index (Phi) is 4.09.